The van der Waals surface area contributed by atoms with Gasteiger partial charge in [0.2, 0.25) is 0 Å². The molecule has 1 saturated heterocycles. The number of benzene rings is 1. The molecule has 1 aliphatic heterocycles. The van der Waals surface area contributed by atoms with Crippen molar-refractivity contribution >= 4 is 0 Å². The maximum absolute atomic E-state index is 10.5. The zero-order chi connectivity index (χ0) is 17.1. The quantitative estimate of drug-likeness (QED) is 0.913. The summed E-state index contributed by atoms with van der Waals surface area (Å²) in [6.07, 6.45) is -0.428. The number of aliphatic hydroxyl groups is 1. The van der Waals surface area contributed by atoms with Gasteiger partial charge < -0.3 is 9.63 Å². The summed E-state index contributed by atoms with van der Waals surface area (Å²) in [7, 11) is 0. The Morgan fingerprint density at radius 3 is 2.62 bits per heavy atom. The normalized spacial score (nSPS) is 21.1. The Balaban J connectivity index is 1.55. The van der Waals surface area contributed by atoms with Crippen LogP contribution < -0.4 is 0 Å². The van der Waals surface area contributed by atoms with Crippen LogP contribution in [0.4, 0.5) is 0 Å². The third-order valence-corrected chi connectivity index (χ3v) is 5.00. The Morgan fingerprint density at radius 2 is 2.00 bits per heavy atom. The van der Waals surface area contributed by atoms with Crippen LogP contribution in [0.5, 0.6) is 0 Å². The zero-order valence-electron chi connectivity index (χ0n) is 14.8. The van der Waals surface area contributed by atoms with Gasteiger partial charge in [-0.05, 0) is 26.3 Å². The van der Waals surface area contributed by atoms with Gasteiger partial charge in [-0.3, -0.25) is 9.80 Å². The molecule has 1 N–H and O–H groups in total. The highest BCUT2D eigenvalue weighted by Gasteiger charge is 2.26. The predicted octanol–water partition coefficient (Wildman–Crippen LogP) is 2.53. The van der Waals surface area contributed by atoms with Gasteiger partial charge in [0.05, 0.1) is 11.8 Å². The van der Waals surface area contributed by atoms with E-state index >= 15 is 0 Å². The minimum absolute atomic E-state index is 0.414. The summed E-state index contributed by atoms with van der Waals surface area (Å²) in [4.78, 5) is 4.82. The molecule has 0 aliphatic carbocycles. The second-order valence-electron chi connectivity index (χ2n) is 6.81. The summed E-state index contributed by atoms with van der Waals surface area (Å²) in [5.41, 5.74) is 3.19. The Bertz CT molecular complexity index is 636. The number of rotatable bonds is 5. The van der Waals surface area contributed by atoms with E-state index in [-0.39, 0.29) is 0 Å². The minimum atomic E-state index is -0.428. The average Bonchev–Trinajstić information content (AvgIpc) is 2.90. The summed E-state index contributed by atoms with van der Waals surface area (Å²) >= 11 is 0. The molecule has 0 radical (unpaired) electrons. The van der Waals surface area contributed by atoms with Gasteiger partial charge in [0, 0.05) is 44.3 Å². The van der Waals surface area contributed by atoms with Gasteiger partial charge in [-0.25, -0.2) is 0 Å². The van der Waals surface area contributed by atoms with E-state index < -0.39 is 6.10 Å². The van der Waals surface area contributed by atoms with E-state index in [4.69, 9.17) is 4.52 Å². The molecule has 0 bridgehead atoms. The van der Waals surface area contributed by atoms with Gasteiger partial charge in [0.25, 0.3) is 0 Å². The molecule has 1 aromatic heterocycles. The van der Waals surface area contributed by atoms with Gasteiger partial charge in [0.15, 0.2) is 0 Å². The summed E-state index contributed by atoms with van der Waals surface area (Å²) in [5.74, 6) is 0.919. The highest BCUT2D eigenvalue weighted by molar-refractivity contribution is 5.21. The second kappa shape index (κ2) is 7.47. The van der Waals surface area contributed by atoms with Crippen molar-refractivity contribution in [1.29, 1.82) is 0 Å². The van der Waals surface area contributed by atoms with Crippen molar-refractivity contribution < 1.29 is 9.63 Å². The molecule has 2 aromatic rings. The first-order valence-corrected chi connectivity index (χ1v) is 8.65. The third kappa shape index (κ3) is 3.86. The molecule has 130 valence electrons. The lowest BCUT2D eigenvalue weighted by Crippen LogP contribution is -2.52. The summed E-state index contributed by atoms with van der Waals surface area (Å²) < 4.78 is 5.27. The van der Waals surface area contributed by atoms with Crippen LogP contribution in [0.1, 0.15) is 35.6 Å². The van der Waals surface area contributed by atoms with E-state index in [2.05, 4.69) is 21.9 Å². The van der Waals surface area contributed by atoms with E-state index in [1.54, 1.807) is 0 Å². The number of hydrogen-bond donors (Lipinski definition) is 1. The van der Waals surface area contributed by atoms with E-state index in [1.807, 2.05) is 44.2 Å². The number of aromatic nitrogens is 1. The third-order valence-electron chi connectivity index (χ3n) is 5.00. The van der Waals surface area contributed by atoms with Crippen LogP contribution in [0.2, 0.25) is 0 Å². The summed E-state index contributed by atoms with van der Waals surface area (Å²) in [6, 6.07) is 10.3. The molecule has 24 heavy (non-hydrogen) atoms. The fourth-order valence-electron chi connectivity index (χ4n) is 3.44. The van der Waals surface area contributed by atoms with Gasteiger partial charge >= 0.3 is 0 Å². The van der Waals surface area contributed by atoms with Crippen LogP contribution in [0.3, 0.4) is 0 Å². The number of piperazine rings is 1. The molecule has 1 aliphatic rings. The Kier molecular flexibility index (Phi) is 5.33. The van der Waals surface area contributed by atoms with Crippen molar-refractivity contribution in [2.75, 3.05) is 26.2 Å². The molecular weight excluding hydrogens is 302 g/mol. The van der Waals surface area contributed by atoms with Crippen molar-refractivity contribution in [1.82, 2.24) is 15.0 Å². The largest absolute Gasteiger partial charge is 0.387 e. The maximum atomic E-state index is 10.5. The SMILES string of the molecule is Cc1noc(C)c1CN1CCN(C[C@@H](O)c2ccccc2)[C@@H](C)C1. The molecule has 3 rings (SSSR count). The highest BCUT2D eigenvalue weighted by Crippen LogP contribution is 2.20. The molecule has 0 saturated carbocycles. The molecule has 5 heteroatoms. The minimum Gasteiger partial charge on any atom is -0.387 e. The fraction of sp³-hybridized carbons (Fsp3) is 0.526. The van der Waals surface area contributed by atoms with Crippen molar-refractivity contribution in [2.24, 2.45) is 0 Å². The molecule has 0 amide bonds. The van der Waals surface area contributed by atoms with Crippen molar-refractivity contribution in [3.8, 4) is 0 Å². The lowest BCUT2D eigenvalue weighted by Gasteiger charge is -2.40. The van der Waals surface area contributed by atoms with Gasteiger partial charge in [-0.2, -0.15) is 0 Å². The summed E-state index contributed by atoms with van der Waals surface area (Å²) in [5, 5.41) is 14.5. The molecule has 0 spiro atoms. The van der Waals surface area contributed by atoms with E-state index in [0.717, 1.165) is 43.2 Å². The maximum Gasteiger partial charge on any atom is 0.138 e. The summed E-state index contributed by atoms with van der Waals surface area (Å²) in [6.45, 7) is 10.7. The first-order valence-electron chi connectivity index (χ1n) is 8.65. The number of hydrogen-bond acceptors (Lipinski definition) is 5. The van der Waals surface area contributed by atoms with Crippen LogP contribution in [0, 0.1) is 13.8 Å². The smallest absolute Gasteiger partial charge is 0.138 e. The molecule has 2 heterocycles. The number of aryl methyl sites for hydroxylation is 2. The van der Waals surface area contributed by atoms with Gasteiger partial charge in [-0.1, -0.05) is 35.5 Å². The monoisotopic (exact) mass is 329 g/mol. The molecule has 5 nitrogen and oxygen atoms in total. The first-order chi connectivity index (χ1) is 11.5. The molecular formula is C19H27N3O2. The Hall–Kier alpha value is -1.69. The molecule has 1 aromatic carbocycles. The fourth-order valence-corrected chi connectivity index (χ4v) is 3.44. The average molecular weight is 329 g/mol. The van der Waals surface area contributed by atoms with Crippen molar-refractivity contribution in [3.63, 3.8) is 0 Å². The first kappa shape index (κ1) is 17.1. The Morgan fingerprint density at radius 1 is 1.25 bits per heavy atom. The number of nitrogens with zero attached hydrogens (tertiary/aromatic N) is 3. The topological polar surface area (TPSA) is 52.7 Å². The van der Waals surface area contributed by atoms with Crippen molar-refractivity contribution in [3.05, 3.63) is 52.9 Å². The Labute approximate surface area is 143 Å². The molecule has 2 atom stereocenters. The molecule has 1 fully saturated rings. The van der Waals surface area contributed by atoms with Crippen LogP contribution >= 0.6 is 0 Å². The number of aliphatic hydroxyl groups excluding tert-OH is 1. The van der Waals surface area contributed by atoms with E-state index in [0.29, 0.717) is 12.6 Å². The van der Waals surface area contributed by atoms with Crippen molar-refractivity contribution in [2.45, 2.75) is 39.5 Å². The van der Waals surface area contributed by atoms with Crippen LogP contribution in [-0.2, 0) is 6.54 Å². The van der Waals surface area contributed by atoms with E-state index in [9.17, 15) is 5.11 Å². The second-order valence-corrected chi connectivity index (χ2v) is 6.81. The lowest BCUT2D eigenvalue weighted by atomic mass is 10.1. The van der Waals surface area contributed by atoms with E-state index in [1.165, 1.54) is 5.56 Å². The van der Waals surface area contributed by atoms with Gasteiger partial charge in [0.1, 0.15) is 5.76 Å². The van der Waals surface area contributed by atoms with Crippen LogP contribution in [0.15, 0.2) is 34.9 Å². The zero-order valence-corrected chi connectivity index (χ0v) is 14.8. The standard InChI is InChI=1S/C19H27N3O2/c1-14-11-21(12-18-15(2)20-24-16(18)3)9-10-22(14)13-19(23)17-7-5-4-6-8-17/h4-8,14,19,23H,9-13H2,1-3H3/t14-,19+/m0/s1. The highest BCUT2D eigenvalue weighted by atomic mass is 16.5. The molecule has 0 unspecified atom stereocenters. The van der Waals surface area contributed by atoms with Gasteiger partial charge in [-0.15, -0.1) is 0 Å². The predicted molar refractivity (Wildman–Crippen MR) is 93.7 cm³/mol. The van der Waals surface area contributed by atoms with Crippen LogP contribution in [0.25, 0.3) is 0 Å². The number of β-amino-alcohol motifs (C(OH)–C–C–N with tert-alkyl or cyclic N) is 1. The van der Waals surface area contributed by atoms with Crippen LogP contribution in [-0.4, -0.2) is 52.3 Å². The lowest BCUT2D eigenvalue weighted by molar-refractivity contribution is 0.0360.